The zero-order valence-electron chi connectivity index (χ0n) is 48.3. The molecule has 3 aromatic rings. The van der Waals surface area contributed by atoms with Crippen molar-refractivity contribution in [3.63, 3.8) is 0 Å². The molecule has 78 heavy (non-hydrogen) atoms. The molecule has 0 bridgehead atoms. The number of ketones is 1. The highest BCUT2D eigenvalue weighted by molar-refractivity contribution is 5.91. The predicted octanol–water partition coefficient (Wildman–Crippen LogP) is 5.94. The molecule has 3 aromatic carbocycles. The Bertz CT molecular complexity index is 2300. The molecule has 2 aliphatic heterocycles. The highest BCUT2D eigenvalue weighted by Gasteiger charge is 2.42. The molecule has 6 atom stereocenters. The molecule has 16 heteroatoms. The van der Waals surface area contributed by atoms with Gasteiger partial charge in [-0.15, -0.1) is 0 Å². The summed E-state index contributed by atoms with van der Waals surface area (Å²) in [5.74, 6) is -2.36. The lowest BCUT2D eigenvalue weighted by atomic mass is 9.76. The zero-order valence-corrected chi connectivity index (χ0v) is 48.3. The summed E-state index contributed by atoms with van der Waals surface area (Å²) >= 11 is 0. The van der Waals surface area contributed by atoms with Crippen LogP contribution in [0.25, 0.3) is 0 Å². The number of amides is 7. The molecule has 2 heterocycles. The first-order valence-corrected chi connectivity index (χ1v) is 28.3. The second-order valence-corrected chi connectivity index (χ2v) is 23.7. The van der Waals surface area contributed by atoms with Gasteiger partial charge >= 0.3 is 0 Å². The summed E-state index contributed by atoms with van der Waals surface area (Å²) in [5, 5.41) is 11.6. The average Bonchev–Trinajstić information content (AvgIpc) is 4.10. The molecule has 5 rings (SSSR count). The standard InChI is InChI=1S/C62H90N8O8/c1-11-43(2)58(76)66-57(62(7,8)9)60(78)70-33-19-25-50(70)42-68(35-31-46-22-16-13-17-23-46)56(75)40-65-54(73)37-48-28-26-47(27-29-48)36-53(72)64-39-55(74)67(34-30-45-20-14-12-15-21-45)41-49-24-18-32-69(49)59(77)51(61(4,5)6)38-52(71)44(3)63-10/h12-17,20-23,26-29,43-44,49-51,57,63H,11,18-19,24-25,30-42H2,1-10H3,(H,64,72)(H,65,73)(H,66,76)/t43-,44+,49+,50+,51-,57-/m1/s1. The molecular weight excluding hydrogens is 985 g/mol. The van der Waals surface area contributed by atoms with Crippen molar-refractivity contribution in [3.05, 3.63) is 107 Å². The molecule has 0 spiro atoms. The minimum Gasteiger partial charge on any atom is -0.347 e. The number of hydrogen-bond acceptors (Lipinski definition) is 9. The second-order valence-electron chi connectivity index (χ2n) is 23.7. The Morgan fingerprint density at radius 3 is 1.44 bits per heavy atom. The van der Waals surface area contributed by atoms with E-state index in [0.717, 1.165) is 30.4 Å². The first kappa shape index (κ1) is 62.4. The Morgan fingerprint density at radius 1 is 0.603 bits per heavy atom. The number of benzene rings is 3. The summed E-state index contributed by atoms with van der Waals surface area (Å²) in [4.78, 5) is 116. The van der Waals surface area contributed by atoms with E-state index in [2.05, 4.69) is 21.3 Å². The van der Waals surface area contributed by atoms with E-state index < -0.39 is 22.8 Å². The molecule has 2 saturated heterocycles. The van der Waals surface area contributed by atoms with E-state index >= 15 is 0 Å². The van der Waals surface area contributed by atoms with Crippen LogP contribution in [-0.2, 0) is 64.0 Å². The fourth-order valence-corrected chi connectivity index (χ4v) is 10.2. The molecule has 7 amide bonds. The third-order valence-electron chi connectivity index (χ3n) is 15.7. The van der Waals surface area contributed by atoms with E-state index in [4.69, 9.17) is 0 Å². The largest absolute Gasteiger partial charge is 0.347 e. The quantitative estimate of drug-likeness (QED) is 0.0715. The summed E-state index contributed by atoms with van der Waals surface area (Å²) in [5.41, 5.74) is 2.51. The van der Waals surface area contributed by atoms with Gasteiger partial charge in [-0.1, -0.05) is 140 Å². The Morgan fingerprint density at radius 2 is 1.04 bits per heavy atom. The van der Waals surface area contributed by atoms with Crippen molar-refractivity contribution < 1.29 is 38.4 Å². The van der Waals surface area contributed by atoms with E-state index in [1.807, 2.05) is 126 Å². The average molecular weight is 1080 g/mol. The third-order valence-corrected chi connectivity index (χ3v) is 15.7. The zero-order chi connectivity index (χ0) is 57.2. The molecule has 0 unspecified atom stereocenters. The minimum atomic E-state index is -0.729. The number of rotatable bonds is 27. The summed E-state index contributed by atoms with van der Waals surface area (Å²) < 4.78 is 0. The molecule has 0 aliphatic carbocycles. The number of likely N-dealkylation sites (tertiary alicyclic amines) is 2. The van der Waals surface area contributed by atoms with Gasteiger partial charge in [0.1, 0.15) is 11.8 Å². The molecule has 0 radical (unpaired) electrons. The van der Waals surface area contributed by atoms with Crippen molar-refractivity contribution >= 4 is 47.1 Å². The number of carbonyl (C=O) groups excluding carboxylic acids is 8. The van der Waals surface area contributed by atoms with Crippen molar-refractivity contribution in [2.75, 3.05) is 59.4 Å². The number of likely N-dealkylation sites (N-methyl/N-ethyl adjacent to an activating group) is 1. The van der Waals surface area contributed by atoms with Crippen LogP contribution in [0, 0.1) is 22.7 Å². The molecule has 2 aliphatic rings. The Kier molecular flexibility index (Phi) is 23.6. The van der Waals surface area contributed by atoms with Crippen LogP contribution in [0.4, 0.5) is 0 Å². The molecule has 2 fully saturated rings. The maximum Gasteiger partial charge on any atom is 0.246 e. The van der Waals surface area contributed by atoms with Crippen LogP contribution in [0.2, 0.25) is 0 Å². The van der Waals surface area contributed by atoms with Gasteiger partial charge in [-0.05, 0) is 92.0 Å². The highest BCUT2D eigenvalue weighted by Crippen LogP contribution is 2.34. The van der Waals surface area contributed by atoms with Gasteiger partial charge in [0, 0.05) is 69.6 Å². The summed E-state index contributed by atoms with van der Waals surface area (Å²) in [6, 6.07) is 25.2. The predicted molar refractivity (Wildman–Crippen MR) is 305 cm³/mol. The van der Waals surface area contributed by atoms with Crippen LogP contribution in [0.1, 0.15) is 123 Å². The number of nitrogens with zero attached hydrogens (tertiary/aromatic N) is 4. The Balaban J connectivity index is 1.16. The van der Waals surface area contributed by atoms with Gasteiger partial charge in [0.25, 0.3) is 0 Å². The monoisotopic (exact) mass is 1070 g/mol. The van der Waals surface area contributed by atoms with E-state index in [0.29, 0.717) is 76.1 Å². The van der Waals surface area contributed by atoms with Gasteiger partial charge in [0.2, 0.25) is 41.4 Å². The van der Waals surface area contributed by atoms with Gasteiger partial charge in [0.05, 0.1) is 32.0 Å². The second kappa shape index (κ2) is 29.5. The normalized spacial score (nSPS) is 17.1. The van der Waals surface area contributed by atoms with Crippen LogP contribution < -0.4 is 21.3 Å². The van der Waals surface area contributed by atoms with Crippen LogP contribution in [-0.4, -0.2) is 150 Å². The van der Waals surface area contributed by atoms with Gasteiger partial charge < -0.3 is 40.9 Å². The van der Waals surface area contributed by atoms with Crippen LogP contribution >= 0.6 is 0 Å². The molecule has 16 nitrogen and oxygen atoms in total. The maximum atomic E-state index is 14.3. The van der Waals surface area contributed by atoms with Crippen molar-refractivity contribution in [3.8, 4) is 0 Å². The molecule has 426 valence electrons. The molecule has 4 N–H and O–H groups in total. The van der Waals surface area contributed by atoms with E-state index in [9.17, 15) is 38.4 Å². The van der Waals surface area contributed by atoms with Crippen molar-refractivity contribution in [1.82, 2.24) is 40.9 Å². The first-order valence-electron chi connectivity index (χ1n) is 28.3. The number of hydrogen-bond donors (Lipinski definition) is 4. The Hall–Kier alpha value is -6.42. The van der Waals surface area contributed by atoms with Gasteiger partial charge in [-0.2, -0.15) is 0 Å². The minimum absolute atomic E-state index is 0.00705. The number of carbonyl (C=O) groups is 8. The van der Waals surface area contributed by atoms with Crippen molar-refractivity contribution in [2.24, 2.45) is 22.7 Å². The lowest BCUT2D eigenvalue weighted by molar-refractivity contribution is -0.144. The number of Topliss-reactive ketones (excluding diaryl/α,β-unsaturated/α-hetero) is 1. The van der Waals surface area contributed by atoms with Gasteiger partial charge in [0.15, 0.2) is 0 Å². The first-order chi connectivity index (χ1) is 37.0. The van der Waals surface area contributed by atoms with Gasteiger partial charge in [-0.25, -0.2) is 0 Å². The van der Waals surface area contributed by atoms with E-state index in [1.54, 1.807) is 48.0 Å². The fourth-order valence-electron chi connectivity index (χ4n) is 10.2. The lowest BCUT2D eigenvalue weighted by Crippen LogP contribution is -2.58. The molecule has 0 aromatic heterocycles. The smallest absolute Gasteiger partial charge is 0.246 e. The van der Waals surface area contributed by atoms with Crippen molar-refractivity contribution in [1.29, 1.82) is 0 Å². The van der Waals surface area contributed by atoms with Crippen molar-refractivity contribution in [2.45, 2.75) is 151 Å². The topological polar surface area (TPSA) is 198 Å². The van der Waals surface area contributed by atoms with E-state index in [-0.39, 0.29) is 104 Å². The van der Waals surface area contributed by atoms with Crippen LogP contribution in [0.15, 0.2) is 84.9 Å². The summed E-state index contributed by atoms with van der Waals surface area (Å²) in [7, 11) is 1.73. The maximum absolute atomic E-state index is 14.3. The van der Waals surface area contributed by atoms with Crippen LogP contribution in [0.3, 0.4) is 0 Å². The van der Waals surface area contributed by atoms with Crippen LogP contribution in [0.5, 0.6) is 0 Å². The van der Waals surface area contributed by atoms with E-state index in [1.165, 1.54) is 0 Å². The highest BCUT2D eigenvalue weighted by atomic mass is 16.2. The summed E-state index contributed by atoms with van der Waals surface area (Å²) in [6.45, 7) is 19.4. The SMILES string of the molecule is CC[C@@H](C)C(=O)N[C@H](C(=O)N1CCC[C@H]1CN(CCc1ccccc1)C(=O)CNC(=O)Cc1ccc(CC(=O)NCC(=O)N(CCc2ccccc2)C[C@@H]2CCCN2C(=O)[C@@H](CC(=O)[C@H](C)NC)C(C)(C)C)cc1)C(C)(C)C. The number of nitrogens with one attached hydrogen (secondary N) is 4. The Labute approximate surface area is 464 Å². The summed E-state index contributed by atoms with van der Waals surface area (Å²) in [6.07, 6.45) is 4.98. The fraction of sp³-hybridized carbons (Fsp3) is 0.581. The lowest BCUT2D eigenvalue weighted by Gasteiger charge is -2.37. The third kappa shape index (κ3) is 18.9. The molecule has 0 saturated carbocycles. The van der Waals surface area contributed by atoms with Gasteiger partial charge in [-0.3, -0.25) is 38.4 Å². The molecular formula is C62H90N8O8.